The fraction of sp³-hybridized carbons (Fsp3) is 0.750. The number of ether oxygens (including phenoxy) is 1. The first-order valence-corrected chi connectivity index (χ1v) is 10.4. The second-order valence-corrected chi connectivity index (χ2v) is 6.86. The van der Waals surface area contributed by atoms with Crippen molar-refractivity contribution in [3.8, 4) is 0 Å². The summed E-state index contributed by atoms with van der Waals surface area (Å²) in [6, 6.07) is 0. The van der Waals surface area contributed by atoms with Crippen molar-refractivity contribution in [3.63, 3.8) is 0 Å². The second-order valence-electron chi connectivity index (χ2n) is 6.86. The molecule has 0 aliphatic heterocycles. The van der Waals surface area contributed by atoms with Crippen LogP contribution >= 0.6 is 24.0 Å². The Labute approximate surface area is 185 Å². The van der Waals surface area contributed by atoms with Crippen LogP contribution < -0.4 is 10.6 Å². The summed E-state index contributed by atoms with van der Waals surface area (Å²) in [4.78, 5) is 16.5. The first-order chi connectivity index (χ1) is 13.2. The van der Waals surface area contributed by atoms with Crippen molar-refractivity contribution in [1.29, 1.82) is 0 Å². The van der Waals surface area contributed by atoms with Crippen LogP contribution in [0.4, 0.5) is 0 Å². The van der Waals surface area contributed by atoms with E-state index in [1.807, 2.05) is 6.92 Å². The maximum atomic E-state index is 11.9. The molecule has 7 nitrogen and oxygen atoms in total. The lowest BCUT2D eigenvalue weighted by Crippen LogP contribution is -2.38. The molecule has 160 valence electrons. The molecule has 1 heterocycles. The molecule has 2 rings (SSSR count). The van der Waals surface area contributed by atoms with E-state index in [1.54, 1.807) is 0 Å². The summed E-state index contributed by atoms with van der Waals surface area (Å²) in [5.74, 6) is 1.56. The minimum absolute atomic E-state index is 0. The molecule has 0 saturated heterocycles. The van der Waals surface area contributed by atoms with Gasteiger partial charge in [0.25, 0.3) is 0 Å². The van der Waals surface area contributed by atoms with Gasteiger partial charge in [-0.05, 0) is 45.4 Å². The Balaban J connectivity index is 0.00000392. The van der Waals surface area contributed by atoms with Crippen molar-refractivity contribution in [3.05, 3.63) is 17.0 Å². The van der Waals surface area contributed by atoms with Crippen molar-refractivity contribution >= 4 is 35.9 Å². The molecule has 8 heteroatoms. The zero-order valence-electron chi connectivity index (χ0n) is 17.4. The molecule has 0 spiro atoms. The molecule has 1 saturated carbocycles. The third-order valence-electron chi connectivity index (χ3n) is 4.80. The Morgan fingerprint density at radius 1 is 1.21 bits per heavy atom. The summed E-state index contributed by atoms with van der Waals surface area (Å²) in [6.07, 6.45) is 7.34. The number of aryl methyl sites for hydroxylation is 2. The van der Waals surface area contributed by atoms with Crippen LogP contribution in [0, 0.1) is 0 Å². The summed E-state index contributed by atoms with van der Waals surface area (Å²) in [5, 5.41) is 10.7. The van der Waals surface area contributed by atoms with Gasteiger partial charge < -0.3 is 19.9 Å². The quantitative estimate of drug-likeness (QED) is 0.165. The summed E-state index contributed by atoms with van der Waals surface area (Å²) in [6.45, 7) is 8.15. The average Bonchev–Trinajstić information content (AvgIpc) is 3.31. The predicted molar refractivity (Wildman–Crippen MR) is 121 cm³/mol. The molecule has 1 aliphatic carbocycles. The number of esters is 1. The molecule has 0 unspecified atom stereocenters. The highest BCUT2D eigenvalue weighted by Crippen LogP contribution is 2.21. The summed E-state index contributed by atoms with van der Waals surface area (Å²) >= 11 is 0. The maximum Gasteiger partial charge on any atom is 0.306 e. The number of carbonyl (C=O) groups excluding carboxylic acids is 1. The molecular weight excluding hydrogens is 471 g/mol. The van der Waals surface area contributed by atoms with Gasteiger partial charge in [-0.3, -0.25) is 4.79 Å². The van der Waals surface area contributed by atoms with E-state index in [9.17, 15) is 4.79 Å². The summed E-state index contributed by atoms with van der Waals surface area (Å²) in [7, 11) is 0. The normalized spacial score (nSPS) is 14.6. The van der Waals surface area contributed by atoms with Crippen LogP contribution in [-0.4, -0.2) is 36.3 Å². The van der Waals surface area contributed by atoms with Crippen LogP contribution in [0.2, 0.25) is 0 Å². The van der Waals surface area contributed by atoms with Crippen molar-refractivity contribution in [1.82, 2.24) is 15.8 Å². The summed E-state index contributed by atoms with van der Waals surface area (Å²) in [5.41, 5.74) is 2.05. The topological polar surface area (TPSA) is 88.8 Å². The van der Waals surface area contributed by atoms with Crippen LogP contribution in [0.3, 0.4) is 0 Å². The zero-order valence-corrected chi connectivity index (χ0v) is 19.7. The molecule has 0 aromatic carbocycles. The minimum Gasteiger partial charge on any atom is -0.462 e. The predicted octanol–water partition coefficient (Wildman–Crippen LogP) is 3.74. The summed E-state index contributed by atoms with van der Waals surface area (Å²) < 4.78 is 10.9. The Bertz CT molecular complexity index is 591. The molecule has 1 aromatic heterocycles. The number of carbonyl (C=O) groups is 1. The van der Waals surface area contributed by atoms with Gasteiger partial charge in [-0.2, -0.15) is 0 Å². The SMILES string of the molecule is CCNC(=NCc1c(CC)noc1CC)NCCCC(=O)OC1CCCC1.I. The second kappa shape index (κ2) is 13.8. The van der Waals surface area contributed by atoms with Crippen LogP contribution in [0.25, 0.3) is 0 Å². The Morgan fingerprint density at radius 3 is 2.61 bits per heavy atom. The van der Waals surface area contributed by atoms with E-state index >= 15 is 0 Å². The molecular formula is C20H35IN4O3. The lowest BCUT2D eigenvalue weighted by atomic mass is 10.1. The van der Waals surface area contributed by atoms with E-state index in [0.717, 1.165) is 61.6 Å². The fourth-order valence-corrected chi connectivity index (χ4v) is 3.31. The van der Waals surface area contributed by atoms with Crippen molar-refractivity contribution in [2.45, 2.75) is 84.8 Å². The lowest BCUT2D eigenvalue weighted by molar-refractivity contribution is -0.148. The first kappa shape index (κ1) is 24.7. The maximum absolute atomic E-state index is 11.9. The number of rotatable bonds is 10. The Hall–Kier alpha value is -1.32. The van der Waals surface area contributed by atoms with E-state index in [2.05, 4.69) is 34.6 Å². The number of halogens is 1. The first-order valence-electron chi connectivity index (χ1n) is 10.4. The standard InChI is InChI=1S/C20H34N4O3.HI/c1-4-17-16(18(5-2)27-24-17)14-23-20(21-6-3)22-13-9-12-19(25)26-15-10-7-8-11-15;/h15H,4-14H2,1-3H3,(H2,21,22,23);1H. The van der Waals surface area contributed by atoms with Gasteiger partial charge in [0, 0.05) is 31.5 Å². The average molecular weight is 506 g/mol. The van der Waals surface area contributed by atoms with Gasteiger partial charge in [0.05, 0.1) is 12.2 Å². The molecule has 0 radical (unpaired) electrons. The Kier molecular flexibility index (Phi) is 12.2. The third kappa shape index (κ3) is 7.97. The molecule has 1 fully saturated rings. The minimum atomic E-state index is -0.0877. The van der Waals surface area contributed by atoms with Gasteiger partial charge in [0.1, 0.15) is 11.9 Å². The molecule has 0 atom stereocenters. The molecule has 28 heavy (non-hydrogen) atoms. The number of aromatic nitrogens is 1. The van der Waals surface area contributed by atoms with Crippen molar-refractivity contribution < 1.29 is 14.1 Å². The van der Waals surface area contributed by atoms with E-state index in [0.29, 0.717) is 19.5 Å². The van der Waals surface area contributed by atoms with E-state index in [-0.39, 0.29) is 36.0 Å². The molecule has 1 aliphatic rings. The van der Waals surface area contributed by atoms with Crippen LogP contribution in [0.5, 0.6) is 0 Å². The highest BCUT2D eigenvalue weighted by molar-refractivity contribution is 14.0. The van der Waals surface area contributed by atoms with Gasteiger partial charge in [-0.25, -0.2) is 4.99 Å². The third-order valence-corrected chi connectivity index (χ3v) is 4.80. The number of hydrogen-bond acceptors (Lipinski definition) is 5. The molecule has 0 amide bonds. The van der Waals surface area contributed by atoms with E-state index in [4.69, 9.17) is 9.26 Å². The van der Waals surface area contributed by atoms with Crippen LogP contribution in [-0.2, 0) is 28.9 Å². The highest BCUT2D eigenvalue weighted by atomic mass is 127. The van der Waals surface area contributed by atoms with Crippen molar-refractivity contribution in [2.75, 3.05) is 13.1 Å². The largest absolute Gasteiger partial charge is 0.462 e. The van der Waals surface area contributed by atoms with Gasteiger partial charge in [0.2, 0.25) is 0 Å². The van der Waals surface area contributed by atoms with Crippen LogP contribution in [0.15, 0.2) is 9.52 Å². The van der Waals surface area contributed by atoms with E-state index in [1.165, 1.54) is 12.8 Å². The molecule has 0 bridgehead atoms. The van der Waals surface area contributed by atoms with E-state index < -0.39 is 0 Å². The number of guanidine groups is 1. The Morgan fingerprint density at radius 2 is 1.96 bits per heavy atom. The van der Waals surface area contributed by atoms with Crippen LogP contribution in [0.1, 0.15) is 76.3 Å². The van der Waals surface area contributed by atoms with Gasteiger partial charge in [-0.1, -0.05) is 19.0 Å². The number of aliphatic imine (C=N–C) groups is 1. The highest BCUT2D eigenvalue weighted by Gasteiger charge is 2.18. The smallest absolute Gasteiger partial charge is 0.306 e. The molecule has 1 aromatic rings. The number of nitrogens with zero attached hydrogens (tertiary/aromatic N) is 2. The number of nitrogens with one attached hydrogen (secondary N) is 2. The zero-order chi connectivity index (χ0) is 19.5. The lowest BCUT2D eigenvalue weighted by Gasteiger charge is -2.13. The monoisotopic (exact) mass is 506 g/mol. The van der Waals surface area contributed by atoms with Gasteiger partial charge in [0.15, 0.2) is 5.96 Å². The van der Waals surface area contributed by atoms with Gasteiger partial charge in [-0.15, -0.1) is 24.0 Å². The van der Waals surface area contributed by atoms with Crippen molar-refractivity contribution in [2.24, 2.45) is 4.99 Å². The fourth-order valence-electron chi connectivity index (χ4n) is 3.31. The number of hydrogen-bond donors (Lipinski definition) is 2. The van der Waals surface area contributed by atoms with Gasteiger partial charge >= 0.3 is 5.97 Å². The molecule has 2 N–H and O–H groups in total.